The zero-order valence-electron chi connectivity index (χ0n) is 15.0. The number of benzene rings is 3. The van der Waals surface area contributed by atoms with E-state index in [9.17, 15) is 8.78 Å². The summed E-state index contributed by atoms with van der Waals surface area (Å²) >= 11 is 0. The predicted molar refractivity (Wildman–Crippen MR) is 106 cm³/mol. The molecule has 0 amide bonds. The molecule has 4 rings (SSSR count). The van der Waals surface area contributed by atoms with Crippen molar-refractivity contribution in [1.82, 2.24) is 4.98 Å². The fourth-order valence-corrected chi connectivity index (χ4v) is 2.88. The van der Waals surface area contributed by atoms with Crippen molar-refractivity contribution in [2.75, 3.05) is 7.11 Å². The first-order chi connectivity index (χ1) is 13.6. The fraction of sp³-hybridized carbons (Fsp3) is 0.0417. The Morgan fingerprint density at radius 3 is 2.39 bits per heavy atom. The van der Waals surface area contributed by atoms with Crippen LogP contribution in [0.2, 0.25) is 0 Å². The predicted octanol–water partition coefficient (Wildman–Crippen LogP) is 5.59. The molecule has 1 heterocycles. The van der Waals surface area contributed by atoms with Gasteiger partial charge in [-0.25, -0.2) is 8.78 Å². The number of aromatic nitrogens is 1. The normalized spacial score (nSPS) is 10.4. The van der Waals surface area contributed by atoms with Crippen LogP contribution in [0.15, 0.2) is 72.9 Å². The summed E-state index contributed by atoms with van der Waals surface area (Å²) in [7, 11) is 1.57. The quantitative estimate of drug-likeness (QED) is 0.429. The highest BCUT2D eigenvalue weighted by atomic mass is 19.1. The number of fused-ring (bicyclic) bond motifs is 1. The van der Waals surface area contributed by atoms with Crippen molar-refractivity contribution in [1.29, 1.82) is 0 Å². The number of nitrogens with zero attached hydrogens (tertiary/aromatic N) is 1. The van der Waals surface area contributed by atoms with E-state index in [1.54, 1.807) is 55.8 Å². The SMILES string of the molecule is COc1ccc(-c2ccc(C#Cc3ccc4cc(F)ccc4c3)c(F)c2)nc1. The second-order valence-electron chi connectivity index (χ2n) is 6.23. The summed E-state index contributed by atoms with van der Waals surface area (Å²) in [5.41, 5.74) is 2.36. The van der Waals surface area contributed by atoms with E-state index in [2.05, 4.69) is 16.8 Å². The van der Waals surface area contributed by atoms with E-state index in [1.165, 1.54) is 18.2 Å². The first-order valence-electron chi connectivity index (χ1n) is 8.64. The van der Waals surface area contributed by atoms with E-state index < -0.39 is 5.82 Å². The lowest BCUT2D eigenvalue weighted by atomic mass is 10.1. The summed E-state index contributed by atoms with van der Waals surface area (Å²) in [5, 5.41) is 1.68. The first kappa shape index (κ1) is 17.7. The van der Waals surface area contributed by atoms with Gasteiger partial charge >= 0.3 is 0 Å². The van der Waals surface area contributed by atoms with E-state index in [1.807, 2.05) is 6.07 Å². The average Bonchev–Trinajstić information content (AvgIpc) is 2.73. The summed E-state index contributed by atoms with van der Waals surface area (Å²) in [6, 6.07) is 18.4. The van der Waals surface area contributed by atoms with Gasteiger partial charge in [0.25, 0.3) is 0 Å². The minimum atomic E-state index is -0.412. The lowest BCUT2D eigenvalue weighted by Crippen LogP contribution is -1.89. The van der Waals surface area contributed by atoms with Gasteiger partial charge in [-0.3, -0.25) is 4.98 Å². The number of rotatable bonds is 2. The molecule has 0 atom stereocenters. The number of ether oxygens (including phenoxy) is 1. The van der Waals surface area contributed by atoms with Crippen LogP contribution in [-0.2, 0) is 0 Å². The van der Waals surface area contributed by atoms with E-state index in [-0.39, 0.29) is 5.82 Å². The topological polar surface area (TPSA) is 22.1 Å². The summed E-state index contributed by atoms with van der Waals surface area (Å²) < 4.78 is 32.8. The Hall–Kier alpha value is -3.71. The fourth-order valence-electron chi connectivity index (χ4n) is 2.88. The highest BCUT2D eigenvalue weighted by Crippen LogP contribution is 2.22. The van der Waals surface area contributed by atoms with Crippen LogP contribution in [0.25, 0.3) is 22.0 Å². The molecule has 3 aromatic carbocycles. The van der Waals surface area contributed by atoms with Gasteiger partial charge in [-0.05, 0) is 59.3 Å². The highest BCUT2D eigenvalue weighted by molar-refractivity contribution is 5.84. The number of hydrogen-bond acceptors (Lipinski definition) is 2. The second kappa shape index (κ2) is 7.50. The van der Waals surface area contributed by atoms with Crippen LogP contribution >= 0.6 is 0 Å². The molecule has 0 fully saturated rings. The third-order valence-electron chi connectivity index (χ3n) is 4.38. The highest BCUT2D eigenvalue weighted by Gasteiger charge is 2.05. The van der Waals surface area contributed by atoms with Crippen LogP contribution in [0.4, 0.5) is 8.78 Å². The molecule has 0 N–H and O–H groups in total. The number of methoxy groups -OCH3 is 1. The van der Waals surface area contributed by atoms with E-state index in [0.29, 0.717) is 22.6 Å². The molecule has 2 nitrogen and oxygen atoms in total. The van der Waals surface area contributed by atoms with Crippen LogP contribution in [0.1, 0.15) is 11.1 Å². The Morgan fingerprint density at radius 1 is 0.821 bits per heavy atom. The molecule has 0 radical (unpaired) electrons. The van der Waals surface area contributed by atoms with Gasteiger partial charge < -0.3 is 4.74 Å². The Kier molecular flexibility index (Phi) is 4.74. The molecule has 0 unspecified atom stereocenters. The van der Waals surface area contributed by atoms with Crippen LogP contribution in [0.3, 0.4) is 0 Å². The maximum atomic E-state index is 14.5. The number of pyridine rings is 1. The van der Waals surface area contributed by atoms with Crippen molar-refractivity contribution in [2.45, 2.75) is 0 Å². The molecule has 0 saturated carbocycles. The van der Waals surface area contributed by atoms with Crippen molar-refractivity contribution in [3.8, 4) is 28.8 Å². The van der Waals surface area contributed by atoms with E-state index in [4.69, 9.17) is 4.74 Å². The lowest BCUT2D eigenvalue weighted by molar-refractivity contribution is 0.413. The Balaban J connectivity index is 1.61. The Bertz CT molecular complexity index is 1220. The number of halogens is 2. The van der Waals surface area contributed by atoms with Crippen molar-refractivity contribution < 1.29 is 13.5 Å². The molecule has 1 aromatic heterocycles. The molecule has 136 valence electrons. The molecule has 0 spiro atoms. The van der Waals surface area contributed by atoms with Crippen LogP contribution in [-0.4, -0.2) is 12.1 Å². The molecule has 0 aliphatic carbocycles. The summed E-state index contributed by atoms with van der Waals surface area (Å²) in [6.07, 6.45) is 1.59. The van der Waals surface area contributed by atoms with E-state index >= 15 is 0 Å². The van der Waals surface area contributed by atoms with Gasteiger partial charge in [-0.2, -0.15) is 0 Å². The van der Waals surface area contributed by atoms with Gasteiger partial charge in [0.15, 0.2) is 0 Å². The van der Waals surface area contributed by atoms with Crippen LogP contribution in [0.5, 0.6) is 5.75 Å². The zero-order valence-corrected chi connectivity index (χ0v) is 15.0. The Morgan fingerprint density at radius 2 is 1.64 bits per heavy atom. The van der Waals surface area contributed by atoms with Crippen molar-refractivity contribution in [2.24, 2.45) is 0 Å². The minimum Gasteiger partial charge on any atom is -0.495 e. The molecule has 0 saturated heterocycles. The van der Waals surface area contributed by atoms with E-state index in [0.717, 1.165) is 16.3 Å². The molecule has 4 heteroatoms. The van der Waals surface area contributed by atoms with Crippen molar-refractivity contribution in [3.05, 3.63) is 95.7 Å². The standard InChI is InChI=1S/C24H15F2NO/c1-28-22-10-11-24(27-15-22)20-7-6-17(23(26)14-20)4-2-16-3-5-19-13-21(25)9-8-18(19)12-16/h3,5-15H,1H3. The third kappa shape index (κ3) is 3.70. The monoisotopic (exact) mass is 371 g/mol. The van der Waals surface area contributed by atoms with Gasteiger partial charge in [0.1, 0.15) is 17.4 Å². The largest absolute Gasteiger partial charge is 0.495 e. The molecule has 0 aliphatic heterocycles. The molecule has 0 aliphatic rings. The summed E-state index contributed by atoms with van der Waals surface area (Å²) in [5.74, 6) is 5.78. The van der Waals surface area contributed by atoms with Gasteiger partial charge in [0, 0.05) is 11.1 Å². The van der Waals surface area contributed by atoms with Crippen LogP contribution < -0.4 is 4.74 Å². The third-order valence-corrected chi connectivity index (χ3v) is 4.38. The molecular weight excluding hydrogens is 356 g/mol. The second-order valence-corrected chi connectivity index (χ2v) is 6.23. The minimum absolute atomic E-state index is 0.278. The molecule has 28 heavy (non-hydrogen) atoms. The lowest BCUT2D eigenvalue weighted by Gasteiger charge is -2.04. The molecular formula is C24H15F2NO. The van der Waals surface area contributed by atoms with Crippen LogP contribution in [0, 0.1) is 23.5 Å². The zero-order chi connectivity index (χ0) is 19.5. The van der Waals surface area contributed by atoms with Gasteiger partial charge in [0.05, 0.1) is 24.6 Å². The maximum absolute atomic E-state index is 14.5. The van der Waals surface area contributed by atoms with Crippen molar-refractivity contribution in [3.63, 3.8) is 0 Å². The first-order valence-corrected chi connectivity index (χ1v) is 8.64. The van der Waals surface area contributed by atoms with Gasteiger partial charge in [-0.1, -0.05) is 30.0 Å². The average molecular weight is 371 g/mol. The summed E-state index contributed by atoms with van der Waals surface area (Å²) in [4.78, 5) is 4.26. The van der Waals surface area contributed by atoms with Gasteiger partial charge in [0.2, 0.25) is 0 Å². The molecule has 4 aromatic rings. The maximum Gasteiger partial charge on any atom is 0.139 e. The molecule has 0 bridgehead atoms. The van der Waals surface area contributed by atoms with Gasteiger partial charge in [-0.15, -0.1) is 0 Å². The number of hydrogen-bond donors (Lipinski definition) is 0. The van der Waals surface area contributed by atoms with Crippen molar-refractivity contribution >= 4 is 10.8 Å². The smallest absolute Gasteiger partial charge is 0.139 e. The Labute approximate surface area is 161 Å². The summed E-state index contributed by atoms with van der Waals surface area (Å²) in [6.45, 7) is 0.